The minimum atomic E-state index is -0.0371. The van der Waals surface area contributed by atoms with Gasteiger partial charge in [-0.05, 0) is 88.0 Å². The Morgan fingerprint density at radius 3 is 1.84 bits per heavy atom. The Bertz CT molecular complexity index is 4050. The summed E-state index contributed by atoms with van der Waals surface area (Å²) in [4.78, 5) is 11.0. The van der Waals surface area contributed by atoms with Crippen molar-refractivity contribution in [3.05, 3.63) is 205 Å². The van der Waals surface area contributed by atoms with Crippen LogP contribution in [-0.2, 0) is 5.41 Å². The fraction of sp³-hybridized carbons (Fsp3) is 0.0508. The van der Waals surface area contributed by atoms with Crippen LogP contribution in [0.25, 0.3) is 120 Å². The van der Waals surface area contributed by atoms with Crippen molar-refractivity contribution in [1.29, 1.82) is 0 Å². The van der Waals surface area contributed by atoms with Crippen LogP contribution in [0.4, 0.5) is 0 Å². The number of para-hydroxylation sites is 3. The lowest BCUT2D eigenvalue weighted by Gasteiger charge is -2.21. The summed E-state index contributed by atoms with van der Waals surface area (Å²) < 4.78 is 7.20. The van der Waals surface area contributed by atoms with Gasteiger partial charge in [0, 0.05) is 59.1 Å². The number of benzene rings is 9. The predicted octanol–water partition coefficient (Wildman–Crippen LogP) is 15.8. The Labute approximate surface area is 372 Å². The van der Waals surface area contributed by atoms with E-state index < -0.39 is 0 Å². The Kier molecular flexibility index (Phi) is 7.30. The summed E-state index contributed by atoms with van der Waals surface area (Å²) in [5, 5.41) is 8.42. The molecule has 300 valence electrons. The maximum Gasteiger partial charge on any atom is 0.235 e. The molecule has 0 aliphatic heterocycles. The standard InChI is InChI=1S/C59H38N4S/c1-59(2)48-18-8-3-13-39(48)46-33-36(25-31-49(46)59)37-26-32-53-47(34-37)43-29-30-44-42-16-7-12-22-54(42)64-57(44)56(43)63(53)58-60-50-19-9-4-17-45(50)55(61-58)35-23-27-38(28-24-35)62-51-20-10-5-14-40(51)41-15-6-11-21-52(41)62/h3-34H,1-2H3. The van der Waals surface area contributed by atoms with E-state index in [9.17, 15) is 0 Å². The monoisotopic (exact) mass is 834 g/mol. The maximum atomic E-state index is 5.57. The number of rotatable bonds is 4. The third-order valence-electron chi connectivity index (χ3n) is 14.0. The van der Waals surface area contributed by atoms with Crippen LogP contribution in [0.2, 0.25) is 0 Å². The lowest BCUT2D eigenvalue weighted by atomic mass is 9.82. The first-order valence-electron chi connectivity index (χ1n) is 22.0. The van der Waals surface area contributed by atoms with Crippen molar-refractivity contribution in [2.24, 2.45) is 0 Å². The van der Waals surface area contributed by atoms with Gasteiger partial charge in [0.25, 0.3) is 0 Å². The molecule has 0 bridgehead atoms. The van der Waals surface area contributed by atoms with Gasteiger partial charge in [-0.2, -0.15) is 0 Å². The van der Waals surface area contributed by atoms with Crippen molar-refractivity contribution in [3.63, 3.8) is 0 Å². The van der Waals surface area contributed by atoms with E-state index in [4.69, 9.17) is 9.97 Å². The largest absolute Gasteiger partial charge is 0.309 e. The van der Waals surface area contributed by atoms with Crippen LogP contribution >= 0.6 is 11.3 Å². The molecule has 0 unspecified atom stereocenters. The average Bonchev–Trinajstić information content (AvgIpc) is 4.06. The van der Waals surface area contributed by atoms with Gasteiger partial charge in [-0.25, -0.2) is 9.97 Å². The fourth-order valence-electron chi connectivity index (χ4n) is 10.9. The first-order chi connectivity index (χ1) is 31.5. The normalized spacial score (nSPS) is 13.3. The van der Waals surface area contributed by atoms with Crippen molar-refractivity contribution in [3.8, 4) is 45.1 Å². The van der Waals surface area contributed by atoms with Gasteiger partial charge in [-0.15, -0.1) is 11.3 Å². The zero-order valence-corrected chi connectivity index (χ0v) is 36.0. The summed E-state index contributed by atoms with van der Waals surface area (Å²) in [6.45, 7) is 4.69. The summed E-state index contributed by atoms with van der Waals surface area (Å²) in [5.74, 6) is 0.661. The van der Waals surface area contributed by atoms with E-state index in [1.54, 1.807) is 0 Å². The molecular formula is C59H38N4S. The molecule has 1 aliphatic rings. The number of thiophene rings is 1. The van der Waals surface area contributed by atoms with E-state index in [1.807, 2.05) is 11.3 Å². The third kappa shape index (κ3) is 4.93. The lowest BCUT2D eigenvalue weighted by molar-refractivity contribution is 0.660. The number of hydrogen-bond acceptors (Lipinski definition) is 3. The van der Waals surface area contributed by atoms with Crippen LogP contribution in [0.1, 0.15) is 25.0 Å². The fourth-order valence-corrected chi connectivity index (χ4v) is 12.2. The first-order valence-corrected chi connectivity index (χ1v) is 22.8. The van der Waals surface area contributed by atoms with Gasteiger partial charge in [0.2, 0.25) is 5.95 Å². The Balaban J connectivity index is 0.985. The molecule has 1 aliphatic carbocycles. The molecule has 9 aromatic carbocycles. The maximum absolute atomic E-state index is 5.57. The molecule has 13 aromatic rings. The zero-order chi connectivity index (χ0) is 42.3. The van der Waals surface area contributed by atoms with Gasteiger partial charge < -0.3 is 4.57 Å². The Morgan fingerprint density at radius 1 is 0.422 bits per heavy atom. The number of nitrogens with zero attached hydrogens (tertiary/aromatic N) is 4. The molecule has 0 N–H and O–H groups in total. The summed E-state index contributed by atoms with van der Waals surface area (Å²) in [6, 6.07) is 70.9. The second-order valence-electron chi connectivity index (χ2n) is 17.7. The number of aromatic nitrogens is 4. The Hall–Kier alpha value is -7.86. The SMILES string of the molecule is CC1(C)c2ccccc2-c2cc(-c3ccc4c(c3)c3ccc5c6ccccc6sc5c3n4-c3nc(-c4ccc(-n5c6ccccc6c6ccccc65)cc4)c4ccccc4n3)ccc21. The molecule has 0 amide bonds. The van der Waals surface area contributed by atoms with Crippen LogP contribution in [0.3, 0.4) is 0 Å². The topological polar surface area (TPSA) is 35.6 Å². The molecule has 5 heteroatoms. The molecule has 0 saturated carbocycles. The number of hydrogen-bond donors (Lipinski definition) is 0. The van der Waals surface area contributed by atoms with E-state index in [1.165, 1.54) is 86.1 Å². The minimum Gasteiger partial charge on any atom is -0.309 e. The summed E-state index contributed by atoms with van der Waals surface area (Å²) >= 11 is 1.85. The van der Waals surface area contributed by atoms with E-state index in [2.05, 4.69) is 217 Å². The van der Waals surface area contributed by atoms with Crippen molar-refractivity contribution >= 4 is 86.0 Å². The van der Waals surface area contributed by atoms with Crippen LogP contribution in [0, 0.1) is 0 Å². The number of fused-ring (bicyclic) bond motifs is 14. The van der Waals surface area contributed by atoms with Crippen LogP contribution in [-0.4, -0.2) is 19.1 Å². The quantitative estimate of drug-likeness (QED) is 0.177. The van der Waals surface area contributed by atoms with Gasteiger partial charge in [0.15, 0.2) is 0 Å². The highest BCUT2D eigenvalue weighted by molar-refractivity contribution is 7.26. The van der Waals surface area contributed by atoms with Gasteiger partial charge in [0.05, 0.1) is 38.0 Å². The molecule has 4 aromatic heterocycles. The van der Waals surface area contributed by atoms with Crippen molar-refractivity contribution in [2.75, 3.05) is 0 Å². The molecule has 0 fully saturated rings. The minimum absolute atomic E-state index is 0.0371. The second kappa shape index (κ2) is 13.1. The van der Waals surface area contributed by atoms with Gasteiger partial charge >= 0.3 is 0 Å². The third-order valence-corrected chi connectivity index (χ3v) is 15.2. The van der Waals surface area contributed by atoms with Crippen LogP contribution in [0.5, 0.6) is 0 Å². The summed E-state index contributed by atoms with van der Waals surface area (Å²) in [6.07, 6.45) is 0. The van der Waals surface area contributed by atoms with E-state index in [-0.39, 0.29) is 5.41 Å². The highest BCUT2D eigenvalue weighted by Gasteiger charge is 2.35. The van der Waals surface area contributed by atoms with E-state index in [0.29, 0.717) is 5.95 Å². The van der Waals surface area contributed by atoms with Crippen molar-refractivity contribution in [1.82, 2.24) is 19.1 Å². The van der Waals surface area contributed by atoms with Gasteiger partial charge in [-0.1, -0.05) is 153 Å². The molecule has 4 heterocycles. The van der Waals surface area contributed by atoms with Crippen molar-refractivity contribution in [2.45, 2.75) is 19.3 Å². The molecular weight excluding hydrogens is 797 g/mol. The lowest BCUT2D eigenvalue weighted by Crippen LogP contribution is -2.14. The molecule has 0 saturated heterocycles. The predicted molar refractivity (Wildman–Crippen MR) is 270 cm³/mol. The van der Waals surface area contributed by atoms with Crippen LogP contribution in [0.15, 0.2) is 194 Å². The summed E-state index contributed by atoms with van der Waals surface area (Å²) in [5.41, 5.74) is 16.4. The first kappa shape index (κ1) is 35.7. The molecule has 0 radical (unpaired) electrons. The highest BCUT2D eigenvalue weighted by Crippen LogP contribution is 2.50. The average molecular weight is 835 g/mol. The molecule has 64 heavy (non-hydrogen) atoms. The molecule has 0 atom stereocenters. The zero-order valence-electron chi connectivity index (χ0n) is 35.2. The van der Waals surface area contributed by atoms with Gasteiger partial charge in [-0.3, -0.25) is 4.57 Å². The summed E-state index contributed by atoms with van der Waals surface area (Å²) in [7, 11) is 0. The Morgan fingerprint density at radius 2 is 1.03 bits per heavy atom. The second-order valence-corrected chi connectivity index (χ2v) is 18.8. The van der Waals surface area contributed by atoms with Crippen molar-refractivity contribution < 1.29 is 0 Å². The highest BCUT2D eigenvalue weighted by atomic mass is 32.1. The van der Waals surface area contributed by atoms with Crippen LogP contribution < -0.4 is 0 Å². The van der Waals surface area contributed by atoms with Gasteiger partial charge in [0.1, 0.15) is 0 Å². The van der Waals surface area contributed by atoms with E-state index >= 15 is 0 Å². The smallest absolute Gasteiger partial charge is 0.235 e. The molecule has 14 rings (SSSR count). The van der Waals surface area contributed by atoms with E-state index in [0.717, 1.165) is 38.9 Å². The molecule has 0 spiro atoms. The molecule has 4 nitrogen and oxygen atoms in total.